The van der Waals surface area contributed by atoms with Crippen LogP contribution in [0.5, 0.6) is 0 Å². The fourth-order valence-electron chi connectivity index (χ4n) is 1.21. The topological polar surface area (TPSA) is 34.1 Å². The third kappa shape index (κ3) is 4.69. The predicted octanol–water partition coefficient (Wildman–Crippen LogP) is 1.62. The molecule has 0 saturated heterocycles. The van der Waals surface area contributed by atoms with Crippen LogP contribution in [0.2, 0.25) is 0 Å². The maximum atomic E-state index is 4.94. The SMILES string of the molecule is COCCNCCCc1cnc(C)s1. The van der Waals surface area contributed by atoms with Gasteiger partial charge in [-0.2, -0.15) is 0 Å². The molecule has 0 aromatic carbocycles. The summed E-state index contributed by atoms with van der Waals surface area (Å²) in [7, 11) is 1.72. The van der Waals surface area contributed by atoms with Crippen molar-refractivity contribution in [2.24, 2.45) is 0 Å². The lowest BCUT2D eigenvalue weighted by molar-refractivity contribution is 0.199. The van der Waals surface area contributed by atoms with Gasteiger partial charge in [0, 0.05) is 24.7 Å². The molecule has 0 aliphatic heterocycles. The zero-order valence-electron chi connectivity index (χ0n) is 8.88. The number of hydrogen-bond acceptors (Lipinski definition) is 4. The highest BCUT2D eigenvalue weighted by atomic mass is 32.1. The first-order valence-corrected chi connectivity index (χ1v) is 5.75. The van der Waals surface area contributed by atoms with E-state index < -0.39 is 0 Å². The van der Waals surface area contributed by atoms with Gasteiger partial charge < -0.3 is 10.1 Å². The molecule has 0 amide bonds. The summed E-state index contributed by atoms with van der Waals surface area (Å²) in [6, 6.07) is 0. The Hall–Kier alpha value is -0.450. The van der Waals surface area contributed by atoms with Crippen LogP contribution in [-0.4, -0.2) is 31.8 Å². The molecular weight excluding hydrogens is 196 g/mol. The molecule has 0 unspecified atom stereocenters. The maximum Gasteiger partial charge on any atom is 0.0896 e. The van der Waals surface area contributed by atoms with Crippen LogP contribution in [0.3, 0.4) is 0 Å². The van der Waals surface area contributed by atoms with E-state index >= 15 is 0 Å². The van der Waals surface area contributed by atoms with E-state index in [2.05, 4.69) is 10.3 Å². The van der Waals surface area contributed by atoms with Crippen LogP contribution in [0.1, 0.15) is 16.3 Å². The van der Waals surface area contributed by atoms with Crippen LogP contribution in [-0.2, 0) is 11.2 Å². The van der Waals surface area contributed by atoms with Crippen LogP contribution in [0.25, 0.3) is 0 Å². The summed E-state index contributed by atoms with van der Waals surface area (Å²) in [4.78, 5) is 5.61. The summed E-state index contributed by atoms with van der Waals surface area (Å²) in [6.07, 6.45) is 4.28. The molecule has 0 bridgehead atoms. The van der Waals surface area contributed by atoms with Crippen molar-refractivity contribution in [3.63, 3.8) is 0 Å². The lowest BCUT2D eigenvalue weighted by Gasteiger charge is -2.02. The molecule has 1 rings (SSSR count). The van der Waals surface area contributed by atoms with Crippen molar-refractivity contribution in [2.45, 2.75) is 19.8 Å². The van der Waals surface area contributed by atoms with Gasteiger partial charge in [-0.1, -0.05) is 0 Å². The minimum absolute atomic E-state index is 0.791. The smallest absolute Gasteiger partial charge is 0.0896 e. The fourth-order valence-corrected chi connectivity index (χ4v) is 2.04. The fraction of sp³-hybridized carbons (Fsp3) is 0.700. The van der Waals surface area contributed by atoms with Gasteiger partial charge in [0.05, 0.1) is 11.6 Å². The highest BCUT2D eigenvalue weighted by Gasteiger charge is 1.97. The standard InChI is InChI=1S/C10H18N2OS/c1-9-12-8-10(14-9)4-3-5-11-6-7-13-2/h8,11H,3-7H2,1-2H3. The number of nitrogens with zero attached hydrogens (tertiary/aromatic N) is 1. The Balaban J connectivity index is 1.99. The Morgan fingerprint density at radius 3 is 3.00 bits per heavy atom. The molecule has 80 valence electrons. The molecule has 0 radical (unpaired) electrons. The summed E-state index contributed by atoms with van der Waals surface area (Å²) in [6.45, 7) is 4.84. The predicted molar refractivity (Wildman–Crippen MR) is 59.9 cm³/mol. The molecule has 1 aromatic rings. The van der Waals surface area contributed by atoms with Gasteiger partial charge in [0.1, 0.15) is 0 Å². The summed E-state index contributed by atoms with van der Waals surface area (Å²) in [5.41, 5.74) is 0. The number of hydrogen-bond donors (Lipinski definition) is 1. The zero-order chi connectivity index (χ0) is 10.2. The van der Waals surface area contributed by atoms with Crippen molar-refractivity contribution in [3.05, 3.63) is 16.1 Å². The maximum absolute atomic E-state index is 4.94. The van der Waals surface area contributed by atoms with Gasteiger partial charge in [0.15, 0.2) is 0 Å². The van der Waals surface area contributed by atoms with Crippen LogP contribution in [0, 0.1) is 6.92 Å². The number of aromatic nitrogens is 1. The quantitative estimate of drug-likeness (QED) is 0.700. The third-order valence-electron chi connectivity index (χ3n) is 1.93. The molecular formula is C10H18N2OS. The molecule has 14 heavy (non-hydrogen) atoms. The summed E-state index contributed by atoms with van der Waals surface area (Å²) < 4.78 is 4.94. The first kappa shape index (κ1) is 11.6. The highest BCUT2D eigenvalue weighted by Crippen LogP contribution is 2.12. The van der Waals surface area contributed by atoms with Crippen LogP contribution < -0.4 is 5.32 Å². The Kier molecular flexibility index (Phi) is 5.75. The summed E-state index contributed by atoms with van der Waals surface area (Å²) in [5, 5.41) is 4.48. The number of rotatable bonds is 7. The second-order valence-electron chi connectivity index (χ2n) is 3.19. The van der Waals surface area contributed by atoms with Gasteiger partial charge in [0.25, 0.3) is 0 Å². The molecule has 4 heteroatoms. The van der Waals surface area contributed by atoms with Gasteiger partial charge in [-0.3, -0.25) is 0 Å². The Bertz CT molecular complexity index is 250. The van der Waals surface area contributed by atoms with Crippen molar-refractivity contribution in [1.82, 2.24) is 10.3 Å². The van der Waals surface area contributed by atoms with Gasteiger partial charge in [-0.25, -0.2) is 4.98 Å². The Morgan fingerprint density at radius 1 is 1.50 bits per heavy atom. The lowest BCUT2D eigenvalue weighted by Crippen LogP contribution is -2.20. The molecule has 3 nitrogen and oxygen atoms in total. The third-order valence-corrected chi connectivity index (χ3v) is 2.90. The molecule has 1 aromatic heterocycles. The van der Waals surface area contributed by atoms with E-state index in [1.807, 2.05) is 13.1 Å². The van der Waals surface area contributed by atoms with Crippen molar-refractivity contribution in [3.8, 4) is 0 Å². The number of methoxy groups -OCH3 is 1. The number of thiazole rings is 1. The zero-order valence-corrected chi connectivity index (χ0v) is 9.69. The van der Waals surface area contributed by atoms with Crippen molar-refractivity contribution in [1.29, 1.82) is 0 Å². The number of aryl methyl sites for hydroxylation is 2. The molecule has 1 heterocycles. The van der Waals surface area contributed by atoms with E-state index in [9.17, 15) is 0 Å². The van der Waals surface area contributed by atoms with E-state index in [1.54, 1.807) is 18.4 Å². The minimum atomic E-state index is 0.791. The number of ether oxygens (including phenoxy) is 1. The molecule has 0 fully saturated rings. The van der Waals surface area contributed by atoms with Gasteiger partial charge in [0.2, 0.25) is 0 Å². The van der Waals surface area contributed by atoms with Gasteiger partial charge in [-0.15, -0.1) is 11.3 Å². The lowest BCUT2D eigenvalue weighted by atomic mass is 10.3. The molecule has 1 N–H and O–H groups in total. The average molecular weight is 214 g/mol. The van der Waals surface area contributed by atoms with Crippen molar-refractivity contribution >= 4 is 11.3 Å². The van der Waals surface area contributed by atoms with Crippen molar-refractivity contribution < 1.29 is 4.74 Å². The van der Waals surface area contributed by atoms with Crippen LogP contribution in [0.4, 0.5) is 0 Å². The van der Waals surface area contributed by atoms with Gasteiger partial charge >= 0.3 is 0 Å². The van der Waals surface area contributed by atoms with Crippen molar-refractivity contribution in [2.75, 3.05) is 26.8 Å². The first-order chi connectivity index (χ1) is 6.83. The van der Waals surface area contributed by atoms with Crippen LogP contribution in [0.15, 0.2) is 6.20 Å². The second kappa shape index (κ2) is 6.92. The van der Waals surface area contributed by atoms with E-state index in [-0.39, 0.29) is 0 Å². The normalized spacial score (nSPS) is 10.7. The highest BCUT2D eigenvalue weighted by molar-refractivity contribution is 7.11. The van der Waals surface area contributed by atoms with E-state index in [4.69, 9.17) is 4.74 Å². The Labute approximate surface area is 89.5 Å². The molecule has 0 aliphatic carbocycles. The van der Waals surface area contributed by atoms with E-state index in [0.717, 1.165) is 31.1 Å². The van der Waals surface area contributed by atoms with E-state index in [0.29, 0.717) is 0 Å². The second-order valence-corrected chi connectivity index (χ2v) is 4.51. The molecule has 0 saturated carbocycles. The largest absolute Gasteiger partial charge is 0.383 e. The monoisotopic (exact) mass is 214 g/mol. The molecule has 0 atom stereocenters. The molecule has 0 aliphatic rings. The summed E-state index contributed by atoms with van der Waals surface area (Å²) >= 11 is 1.79. The number of nitrogens with one attached hydrogen (secondary N) is 1. The Morgan fingerprint density at radius 2 is 2.36 bits per heavy atom. The van der Waals surface area contributed by atoms with E-state index in [1.165, 1.54) is 11.3 Å². The summed E-state index contributed by atoms with van der Waals surface area (Å²) in [5.74, 6) is 0. The average Bonchev–Trinajstić information content (AvgIpc) is 2.58. The minimum Gasteiger partial charge on any atom is -0.383 e. The molecule has 0 spiro atoms. The van der Waals surface area contributed by atoms with Gasteiger partial charge in [-0.05, 0) is 26.3 Å². The first-order valence-electron chi connectivity index (χ1n) is 4.94. The van der Waals surface area contributed by atoms with Crippen LogP contribution >= 0.6 is 11.3 Å².